The minimum Gasteiger partial charge on any atom is -0.392 e. The molecule has 2 rings (SSSR count). The number of halogens is 2. The second kappa shape index (κ2) is 6.49. The van der Waals surface area contributed by atoms with Crippen LogP contribution in [0, 0.1) is 12.7 Å². The van der Waals surface area contributed by atoms with Gasteiger partial charge in [-0.1, -0.05) is 15.9 Å². The molecule has 114 valence electrons. The number of aromatic nitrogens is 1. The monoisotopic (exact) mass is 394 g/mol. The Balaban J connectivity index is 2.29. The normalized spacial score (nSPS) is 11.8. The van der Waals surface area contributed by atoms with E-state index in [1.807, 2.05) is 6.92 Å². The molecule has 2 aromatic rings. The van der Waals surface area contributed by atoms with Crippen molar-refractivity contribution in [3.05, 3.63) is 44.1 Å². The standard InChI is InChI=1S/C12H12BrFN2O3S2/c1-7-16-10(6-20-7)4-15-21(18,19)11-3-9(13)2-8(5-17)12(11)14/h2-3,6,15,17H,4-5H2,1H3. The van der Waals surface area contributed by atoms with Crippen LogP contribution >= 0.6 is 27.3 Å². The molecule has 0 spiro atoms. The molecule has 0 aliphatic carbocycles. The van der Waals surface area contributed by atoms with Crippen LogP contribution in [0.15, 0.2) is 26.9 Å². The van der Waals surface area contributed by atoms with Crippen molar-refractivity contribution in [3.63, 3.8) is 0 Å². The lowest BCUT2D eigenvalue weighted by Crippen LogP contribution is -2.24. The van der Waals surface area contributed by atoms with Crippen LogP contribution in [0.5, 0.6) is 0 Å². The maximum atomic E-state index is 14.1. The van der Waals surface area contributed by atoms with Crippen molar-refractivity contribution in [2.75, 3.05) is 0 Å². The van der Waals surface area contributed by atoms with Gasteiger partial charge in [0.25, 0.3) is 0 Å². The van der Waals surface area contributed by atoms with Gasteiger partial charge in [-0.3, -0.25) is 0 Å². The fraction of sp³-hybridized carbons (Fsp3) is 0.250. The predicted octanol–water partition coefficient (Wildman–Crippen LogP) is 2.32. The van der Waals surface area contributed by atoms with Crippen molar-refractivity contribution < 1.29 is 17.9 Å². The number of aryl methyl sites for hydroxylation is 1. The van der Waals surface area contributed by atoms with Gasteiger partial charge < -0.3 is 5.11 Å². The highest BCUT2D eigenvalue weighted by Gasteiger charge is 2.22. The maximum Gasteiger partial charge on any atom is 0.243 e. The SMILES string of the molecule is Cc1nc(CNS(=O)(=O)c2cc(Br)cc(CO)c2F)cs1. The van der Waals surface area contributed by atoms with Crippen LogP contribution in [0.4, 0.5) is 4.39 Å². The average molecular weight is 395 g/mol. The molecular weight excluding hydrogens is 383 g/mol. The third-order valence-corrected chi connectivity index (χ3v) is 5.33. The zero-order valence-corrected chi connectivity index (χ0v) is 14.1. The van der Waals surface area contributed by atoms with Crippen molar-refractivity contribution in [3.8, 4) is 0 Å². The maximum absolute atomic E-state index is 14.1. The Morgan fingerprint density at radius 3 is 2.76 bits per heavy atom. The Morgan fingerprint density at radius 2 is 2.19 bits per heavy atom. The van der Waals surface area contributed by atoms with Gasteiger partial charge in [0.1, 0.15) is 10.7 Å². The first-order chi connectivity index (χ1) is 9.83. The number of aliphatic hydroxyl groups is 1. The van der Waals surface area contributed by atoms with Crippen molar-refractivity contribution in [2.24, 2.45) is 0 Å². The minimum absolute atomic E-state index is 0.0207. The van der Waals surface area contributed by atoms with Crippen LogP contribution in [-0.4, -0.2) is 18.5 Å². The van der Waals surface area contributed by atoms with E-state index in [1.165, 1.54) is 17.4 Å². The molecule has 0 aliphatic heterocycles. The van der Waals surface area contributed by atoms with Crippen molar-refractivity contribution >= 4 is 37.3 Å². The summed E-state index contributed by atoms with van der Waals surface area (Å²) in [5.74, 6) is -0.956. The summed E-state index contributed by atoms with van der Waals surface area (Å²) < 4.78 is 41.1. The molecule has 5 nitrogen and oxygen atoms in total. The summed E-state index contributed by atoms with van der Waals surface area (Å²) in [5.41, 5.74) is 0.480. The number of rotatable bonds is 5. The van der Waals surface area contributed by atoms with Gasteiger partial charge >= 0.3 is 0 Å². The van der Waals surface area contributed by atoms with Gasteiger partial charge in [-0.25, -0.2) is 22.5 Å². The number of benzene rings is 1. The molecule has 0 unspecified atom stereocenters. The van der Waals surface area contributed by atoms with E-state index in [2.05, 4.69) is 25.6 Å². The largest absolute Gasteiger partial charge is 0.392 e. The van der Waals surface area contributed by atoms with E-state index >= 15 is 0 Å². The fourth-order valence-corrected chi connectivity index (χ4v) is 4.08. The molecule has 2 N–H and O–H groups in total. The van der Waals surface area contributed by atoms with E-state index < -0.39 is 27.3 Å². The average Bonchev–Trinajstić information content (AvgIpc) is 2.84. The molecule has 0 atom stereocenters. The van der Waals surface area contributed by atoms with Gasteiger partial charge in [-0.15, -0.1) is 11.3 Å². The number of nitrogens with one attached hydrogen (secondary N) is 1. The minimum atomic E-state index is -4.04. The molecule has 9 heteroatoms. The molecule has 0 aliphatic rings. The van der Waals surface area contributed by atoms with E-state index in [1.54, 1.807) is 5.38 Å². The smallest absolute Gasteiger partial charge is 0.243 e. The van der Waals surface area contributed by atoms with Gasteiger partial charge in [0.15, 0.2) is 0 Å². The highest BCUT2D eigenvalue weighted by molar-refractivity contribution is 9.10. The Kier molecular flexibility index (Phi) is 5.10. The number of hydrogen-bond donors (Lipinski definition) is 2. The van der Waals surface area contributed by atoms with Crippen LogP contribution < -0.4 is 4.72 Å². The molecule has 0 radical (unpaired) electrons. The Morgan fingerprint density at radius 1 is 1.48 bits per heavy atom. The van der Waals surface area contributed by atoms with Gasteiger partial charge in [-0.2, -0.15) is 0 Å². The highest BCUT2D eigenvalue weighted by Crippen LogP contribution is 2.24. The number of thiazole rings is 1. The van der Waals surface area contributed by atoms with Crippen LogP contribution in [-0.2, 0) is 23.2 Å². The molecule has 0 saturated heterocycles. The summed E-state index contributed by atoms with van der Waals surface area (Å²) in [5, 5.41) is 11.6. The zero-order valence-electron chi connectivity index (χ0n) is 10.9. The van der Waals surface area contributed by atoms with Gasteiger partial charge in [0.2, 0.25) is 10.0 Å². The van der Waals surface area contributed by atoms with Crippen molar-refractivity contribution in [2.45, 2.75) is 25.0 Å². The highest BCUT2D eigenvalue weighted by atomic mass is 79.9. The van der Waals surface area contributed by atoms with Crippen LogP contribution in [0.1, 0.15) is 16.3 Å². The zero-order chi connectivity index (χ0) is 15.6. The molecule has 1 heterocycles. The molecular formula is C12H12BrFN2O3S2. The molecule has 21 heavy (non-hydrogen) atoms. The summed E-state index contributed by atoms with van der Waals surface area (Å²) in [4.78, 5) is 3.62. The second-order valence-electron chi connectivity index (χ2n) is 4.22. The Labute approximate surface area is 134 Å². The summed E-state index contributed by atoms with van der Waals surface area (Å²) in [7, 11) is -4.04. The van der Waals surface area contributed by atoms with E-state index in [-0.39, 0.29) is 12.1 Å². The molecule has 0 bridgehead atoms. The molecule has 1 aromatic carbocycles. The van der Waals surface area contributed by atoms with Crippen molar-refractivity contribution in [1.29, 1.82) is 0 Å². The summed E-state index contributed by atoms with van der Waals surface area (Å²) >= 11 is 4.50. The second-order valence-corrected chi connectivity index (χ2v) is 7.93. The molecule has 0 saturated carbocycles. The van der Waals surface area contributed by atoms with Crippen LogP contribution in [0.25, 0.3) is 0 Å². The van der Waals surface area contributed by atoms with Crippen LogP contribution in [0.2, 0.25) is 0 Å². The topological polar surface area (TPSA) is 79.3 Å². The number of nitrogens with zero attached hydrogens (tertiary/aromatic N) is 1. The first kappa shape index (κ1) is 16.5. The summed E-state index contributed by atoms with van der Waals surface area (Å²) in [6.07, 6.45) is 0. The van der Waals surface area contributed by atoms with Gasteiger partial charge in [0, 0.05) is 15.4 Å². The third kappa shape index (κ3) is 3.86. The van der Waals surface area contributed by atoms with Gasteiger partial charge in [0.05, 0.1) is 23.9 Å². The fourth-order valence-electron chi connectivity index (χ4n) is 1.67. The van der Waals surface area contributed by atoms with Crippen molar-refractivity contribution in [1.82, 2.24) is 9.71 Å². The molecule has 0 fully saturated rings. The Hall–Kier alpha value is -0.870. The first-order valence-electron chi connectivity index (χ1n) is 5.83. The van der Waals surface area contributed by atoms with E-state index in [9.17, 15) is 12.8 Å². The number of aliphatic hydroxyl groups excluding tert-OH is 1. The lowest BCUT2D eigenvalue weighted by molar-refractivity contribution is 0.274. The quantitative estimate of drug-likeness (QED) is 0.815. The predicted molar refractivity (Wildman–Crippen MR) is 80.9 cm³/mol. The third-order valence-electron chi connectivity index (χ3n) is 2.65. The summed E-state index contributed by atoms with van der Waals surface area (Å²) in [6.45, 7) is 1.20. The lowest BCUT2D eigenvalue weighted by atomic mass is 10.2. The first-order valence-corrected chi connectivity index (χ1v) is 8.98. The number of sulfonamides is 1. The van der Waals surface area contributed by atoms with Crippen LogP contribution in [0.3, 0.4) is 0 Å². The van der Waals surface area contributed by atoms with E-state index in [0.717, 1.165) is 11.1 Å². The lowest BCUT2D eigenvalue weighted by Gasteiger charge is -2.10. The Bertz CT molecular complexity index is 762. The molecule has 1 aromatic heterocycles. The van der Waals surface area contributed by atoms with E-state index in [4.69, 9.17) is 5.11 Å². The molecule has 0 amide bonds. The van der Waals surface area contributed by atoms with Gasteiger partial charge in [-0.05, 0) is 19.1 Å². The number of hydrogen-bond acceptors (Lipinski definition) is 5. The van der Waals surface area contributed by atoms with E-state index in [0.29, 0.717) is 10.2 Å². The summed E-state index contributed by atoms with van der Waals surface area (Å²) in [6, 6.07) is 2.49.